The highest BCUT2D eigenvalue weighted by atomic mass is 15.1. The van der Waals surface area contributed by atoms with Gasteiger partial charge in [-0.25, -0.2) is 0 Å². The van der Waals surface area contributed by atoms with E-state index < -0.39 is 0 Å². The lowest BCUT2D eigenvalue weighted by Crippen LogP contribution is -2.12. The predicted molar refractivity (Wildman–Crippen MR) is 224 cm³/mol. The third kappa shape index (κ3) is 5.43. The molecular formula is C50H42N2. The molecule has 0 amide bonds. The molecule has 0 N–H and O–H groups in total. The summed E-state index contributed by atoms with van der Waals surface area (Å²) in [6.07, 6.45) is 0. The summed E-state index contributed by atoms with van der Waals surface area (Å²) in [6.45, 7) is 13.0. The molecule has 1 aliphatic rings. The van der Waals surface area contributed by atoms with Crippen LogP contribution in [-0.4, -0.2) is 0 Å². The van der Waals surface area contributed by atoms with Crippen molar-refractivity contribution >= 4 is 55.7 Å². The first-order chi connectivity index (χ1) is 25.2. The number of anilines is 6. The molecule has 0 unspecified atom stereocenters. The zero-order valence-electron chi connectivity index (χ0n) is 30.8. The lowest BCUT2D eigenvalue weighted by molar-refractivity contribution is 1.24. The van der Waals surface area contributed by atoms with Crippen molar-refractivity contribution in [2.45, 2.75) is 41.5 Å². The Hall–Kier alpha value is -6.12. The van der Waals surface area contributed by atoms with Crippen LogP contribution >= 0.6 is 0 Å². The van der Waals surface area contributed by atoms with E-state index >= 15 is 0 Å². The molecule has 0 spiro atoms. The minimum Gasteiger partial charge on any atom is -0.310 e. The second kappa shape index (κ2) is 12.3. The molecule has 0 saturated carbocycles. The summed E-state index contributed by atoms with van der Waals surface area (Å²) in [5.41, 5.74) is 19.9. The van der Waals surface area contributed by atoms with E-state index in [9.17, 15) is 0 Å². The fourth-order valence-corrected chi connectivity index (χ4v) is 7.84. The summed E-state index contributed by atoms with van der Waals surface area (Å²) < 4.78 is 0. The van der Waals surface area contributed by atoms with Crippen LogP contribution < -0.4 is 9.80 Å². The summed E-state index contributed by atoms with van der Waals surface area (Å²) in [5.74, 6) is 0. The van der Waals surface area contributed by atoms with E-state index in [2.05, 4.69) is 197 Å². The van der Waals surface area contributed by atoms with Gasteiger partial charge in [-0.15, -0.1) is 0 Å². The number of hydrogen-bond acceptors (Lipinski definition) is 2. The maximum atomic E-state index is 2.40. The van der Waals surface area contributed by atoms with Crippen molar-refractivity contribution in [3.8, 4) is 22.3 Å². The standard InChI is InChI=1S/C50H42N2/c1-31-9-17-41(18-10-31)51(49-23-33(3)7-13-35(49)5)43-21-15-37-27-45-46-28-38-16-22-44(26-40(38)30-48(46)47(45)29-39(37)25-43)52(42-19-11-32(2)12-20-42)50-24-34(4)8-14-36(50)6/h7-30H,1-6H3. The van der Waals surface area contributed by atoms with Crippen molar-refractivity contribution in [1.29, 1.82) is 0 Å². The van der Waals surface area contributed by atoms with Gasteiger partial charge in [0.15, 0.2) is 0 Å². The van der Waals surface area contributed by atoms with Gasteiger partial charge in [-0.1, -0.05) is 71.8 Å². The Morgan fingerprint density at radius 1 is 0.269 bits per heavy atom. The van der Waals surface area contributed by atoms with Crippen LogP contribution in [0.5, 0.6) is 0 Å². The van der Waals surface area contributed by atoms with E-state index in [1.54, 1.807) is 0 Å². The molecule has 1 aliphatic carbocycles. The molecule has 0 radical (unpaired) electrons. The third-order valence-electron chi connectivity index (χ3n) is 10.8. The maximum Gasteiger partial charge on any atom is 0.0493 e. The number of rotatable bonds is 6. The molecule has 0 saturated heterocycles. The average molecular weight is 671 g/mol. The van der Waals surface area contributed by atoms with Crippen LogP contribution in [0.25, 0.3) is 43.8 Å². The molecule has 8 aromatic carbocycles. The van der Waals surface area contributed by atoms with E-state index in [1.165, 1.54) is 88.6 Å². The van der Waals surface area contributed by atoms with Crippen LogP contribution in [0.4, 0.5) is 34.1 Å². The number of hydrogen-bond donors (Lipinski definition) is 0. The van der Waals surface area contributed by atoms with Crippen LogP contribution in [0, 0.1) is 41.5 Å². The zero-order chi connectivity index (χ0) is 35.7. The van der Waals surface area contributed by atoms with E-state index in [-0.39, 0.29) is 0 Å². The van der Waals surface area contributed by atoms with Crippen molar-refractivity contribution in [2.24, 2.45) is 0 Å². The van der Waals surface area contributed by atoms with Gasteiger partial charge >= 0.3 is 0 Å². The van der Waals surface area contributed by atoms with Gasteiger partial charge in [0, 0.05) is 34.1 Å². The van der Waals surface area contributed by atoms with Crippen molar-refractivity contribution in [2.75, 3.05) is 9.80 Å². The van der Waals surface area contributed by atoms with E-state index in [0.29, 0.717) is 0 Å². The summed E-state index contributed by atoms with van der Waals surface area (Å²) in [4.78, 5) is 4.80. The van der Waals surface area contributed by atoms with Crippen LogP contribution in [0.15, 0.2) is 146 Å². The van der Waals surface area contributed by atoms with Crippen molar-refractivity contribution < 1.29 is 0 Å². The highest BCUT2D eigenvalue weighted by Crippen LogP contribution is 2.51. The SMILES string of the molecule is Cc1ccc(N(c2ccc3cc4c(cc3c2)-c2cc3cc(N(c5ccc(C)cc5)c5cc(C)ccc5C)ccc3cc2-4)c2cc(C)ccc2C)cc1. The Labute approximate surface area is 307 Å². The normalized spacial score (nSPS) is 11.7. The number of aryl methyl sites for hydroxylation is 6. The molecule has 52 heavy (non-hydrogen) atoms. The molecule has 0 atom stereocenters. The summed E-state index contributed by atoms with van der Waals surface area (Å²) >= 11 is 0. The lowest BCUT2D eigenvalue weighted by atomic mass is 9.78. The fraction of sp³-hybridized carbons (Fsp3) is 0.120. The van der Waals surface area contributed by atoms with E-state index in [0.717, 1.165) is 22.7 Å². The maximum absolute atomic E-state index is 2.40. The van der Waals surface area contributed by atoms with E-state index in [4.69, 9.17) is 0 Å². The first kappa shape index (κ1) is 31.8. The van der Waals surface area contributed by atoms with Gasteiger partial charge in [-0.3, -0.25) is 0 Å². The van der Waals surface area contributed by atoms with Crippen molar-refractivity contribution in [3.05, 3.63) is 179 Å². The lowest BCUT2D eigenvalue weighted by Gasteiger charge is -2.29. The van der Waals surface area contributed by atoms with Crippen molar-refractivity contribution in [3.63, 3.8) is 0 Å². The molecule has 0 heterocycles. The fourth-order valence-electron chi connectivity index (χ4n) is 7.84. The number of fused-ring (bicyclic) bond motifs is 6. The molecule has 0 aliphatic heterocycles. The highest BCUT2D eigenvalue weighted by Gasteiger charge is 2.25. The Kier molecular flexibility index (Phi) is 7.52. The molecule has 0 fully saturated rings. The van der Waals surface area contributed by atoms with Gasteiger partial charge in [0.25, 0.3) is 0 Å². The quantitative estimate of drug-likeness (QED) is 0.174. The van der Waals surface area contributed by atoms with Crippen LogP contribution in [0.3, 0.4) is 0 Å². The first-order valence-corrected chi connectivity index (χ1v) is 18.2. The molecule has 2 nitrogen and oxygen atoms in total. The van der Waals surface area contributed by atoms with Gasteiger partial charge < -0.3 is 9.80 Å². The summed E-state index contributed by atoms with van der Waals surface area (Å²) in [5, 5.41) is 5.02. The Morgan fingerprint density at radius 2 is 0.596 bits per heavy atom. The third-order valence-corrected chi connectivity index (χ3v) is 10.8. The topological polar surface area (TPSA) is 6.48 Å². The predicted octanol–water partition coefficient (Wildman–Crippen LogP) is 14.4. The minimum atomic E-state index is 1.16. The largest absolute Gasteiger partial charge is 0.310 e. The van der Waals surface area contributed by atoms with E-state index in [1.807, 2.05) is 0 Å². The molecule has 8 aromatic rings. The van der Waals surface area contributed by atoms with Crippen LogP contribution in [0.2, 0.25) is 0 Å². The smallest absolute Gasteiger partial charge is 0.0493 e. The van der Waals surface area contributed by atoms with Gasteiger partial charge in [0.2, 0.25) is 0 Å². The first-order valence-electron chi connectivity index (χ1n) is 18.2. The summed E-state index contributed by atoms with van der Waals surface area (Å²) in [7, 11) is 0. The Morgan fingerprint density at radius 3 is 0.981 bits per heavy atom. The molecule has 9 rings (SSSR count). The highest BCUT2D eigenvalue weighted by molar-refractivity contribution is 6.12. The second-order valence-corrected chi connectivity index (χ2v) is 14.8. The van der Waals surface area contributed by atoms with Gasteiger partial charge in [-0.05, 0) is 193 Å². The van der Waals surface area contributed by atoms with Crippen LogP contribution in [-0.2, 0) is 0 Å². The molecule has 0 bridgehead atoms. The molecule has 252 valence electrons. The van der Waals surface area contributed by atoms with Crippen LogP contribution in [0.1, 0.15) is 33.4 Å². The Bertz CT molecular complexity index is 2490. The summed E-state index contributed by atoms with van der Waals surface area (Å²) in [6, 6.07) is 54.6. The van der Waals surface area contributed by atoms with Crippen molar-refractivity contribution in [1.82, 2.24) is 0 Å². The Balaban J connectivity index is 1.14. The molecule has 2 heteroatoms. The zero-order valence-corrected chi connectivity index (χ0v) is 30.8. The molecule has 0 aromatic heterocycles. The number of nitrogens with zero attached hydrogens (tertiary/aromatic N) is 2. The molecular weight excluding hydrogens is 629 g/mol. The van der Waals surface area contributed by atoms with Gasteiger partial charge in [0.05, 0.1) is 0 Å². The minimum absolute atomic E-state index is 1.16. The monoisotopic (exact) mass is 670 g/mol. The average Bonchev–Trinajstić information content (AvgIpc) is 3.15. The van der Waals surface area contributed by atoms with Gasteiger partial charge in [-0.2, -0.15) is 0 Å². The number of benzene rings is 8. The second-order valence-electron chi connectivity index (χ2n) is 14.8. The van der Waals surface area contributed by atoms with Gasteiger partial charge in [0.1, 0.15) is 0 Å².